The molecule has 84 valence electrons. The van der Waals surface area contributed by atoms with Crippen molar-refractivity contribution in [3.05, 3.63) is 11.4 Å². The number of alkyl halides is 1. The van der Waals surface area contributed by atoms with Crippen LogP contribution in [0.2, 0.25) is 0 Å². The average Bonchev–Trinajstić information content (AvgIpc) is 2.20. The van der Waals surface area contributed by atoms with Gasteiger partial charge in [0.1, 0.15) is 0 Å². The van der Waals surface area contributed by atoms with Gasteiger partial charge in [0, 0.05) is 13.7 Å². The Morgan fingerprint density at radius 2 is 2.07 bits per heavy atom. The molecule has 0 saturated heterocycles. The van der Waals surface area contributed by atoms with Crippen molar-refractivity contribution in [3.8, 4) is 0 Å². The molecule has 1 atom stereocenters. The van der Waals surface area contributed by atoms with E-state index in [0.717, 1.165) is 11.4 Å². The second-order valence-corrected chi connectivity index (χ2v) is 3.86. The summed E-state index contributed by atoms with van der Waals surface area (Å²) >= 11 is 5.94. The topological polar surface area (TPSA) is 59.9 Å². The Bertz CT molecular complexity index is 321. The van der Waals surface area contributed by atoms with Crippen molar-refractivity contribution in [3.63, 3.8) is 0 Å². The molecule has 15 heavy (non-hydrogen) atoms. The third-order valence-electron chi connectivity index (χ3n) is 1.92. The summed E-state index contributed by atoms with van der Waals surface area (Å²) in [5.41, 5.74) is 1.70. The van der Waals surface area contributed by atoms with Gasteiger partial charge in [0.05, 0.1) is 23.4 Å². The van der Waals surface area contributed by atoms with E-state index in [1.807, 2.05) is 13.8 Å². The van der Waals surface area contributed by atoms with E-state index >= 15 is 0 Å². The van der Waals surface area contributed by atoms with Crippen LogP contribution in [0.25, 0.3) is 0 Å². The van der Waals surface area contributed by atoms with Gasteiger partial charge in [0.2, 0.25) is 5.95 Å². The molecule has 0 aliphatic heterocycles. The summed E-state index contributed by atoms with van der Waals surface area (Å²) in [6.07, 6.45) is 0. The molecule has 0 bridgehead atoms. The number of nitrogens with one attached hydrogen (secondary N) is 1. The van der Waals surface area contributed by atoms with E-state index in [9.17, 15) is 0 Å². The second-order valence-electron chi connectivity index (χ2n) is 3.24. The third kappa shape index (κ3) is 3.97. The number of methoxy groups -OCH3 is 1. The molecule has 0 aliphatic rings. The first-order valence-corrected chi connectivity index (χ1v) is 5.12. The molecule has 0 radical (unpaired) electrons. The van der Waals surface area contributed by atoms with Crippen molar-refractivity contribution in [2.24, 2.45) is 0 Å². The van der Waals surface area contributed by atoms with Crippen LogP contribution in [0.4, 0.5) is 5.95 Å². The first-order valence-electron chi connectivity index (χ1n) is 4.68. The number of halogens is 1. The van der Waals surface area contributed by atoms with Crippen molar-refractivity contribution in [1.82, 2.24) is 15.2 Å². The number of rotatable bonds is 5. The number of hydrogen-bond donors (Lipinski definition) is 1. The van der Waals surface area contributed by atoms with E-state index in [4.69, 9.17) is 16.3 Å². The van der Waals surface area contributed by atoms with Gasteiger partial charge in [-0.25, -0.2) is 4.98 Å². The van der Waals surface area contributed by atoms with Gasteiger partial charge in [0.25, 0.3) is 0 Å². The van der Waals surface area contributed by atoms with Gasteiger partial charge in [-0.1, -0.05) is 0 Å². The first-order chi connectivity index (χ1) is 7.13. The zero-order valence-corrected chi connectivity index (χ0v) is 9.88. The molecule has 1 rings (SSSR count). The van der Waals surface area contributed by atoms with E-state index in [0.29, 0.717) is 19.1 Å². The minimum atomic E-state index is -0.0970. The number of anilines is 1. The zero-order chi connectivity index (χ0) is 11.3. The van der Waals surface area contributed by atoms with Gasteiger partial charge < -0.3 is 10.1 Å². The van der Waals surface area contributed by atoms with Gasteiger partial charge in [-0.3, -0.25) is 0 Å². The standard InChI is InChI=1S/C9H15ClN4O/c1-6-7(2)13-14-9(12-6)11-4-8(10)5-15-3/h8H,4-5H2,1-3H3,(H,11,12,14). The Morgan fingerprint density at radius 3 is 2.67 bits per heavy atom. The Morgan fingerprint density at radius 1 is 1.33 bits per heavy atom. The Kier molecular flexibility index (Phi) is 4.71. The molecule has 1 N–H and O–H groups in total. The highest BCUT2D eigenvalue weighted by Crippen LogP contribution is 2.03. The predicted molar refractivity (Wildman–Crippen MR) is 59.3 cm³/mol. The third-order valence-corrected chi connectivity index (χ3v) is 2.20. The molecule has 0 aliphatic carbocycles. The first kappa shape index (κ1) is 12.1. The fourth-order valence-electron chi connectivity index (χ4n) is 0.974. The quantitative estimate of drug-likeness (QED) is 0.770. The number of hydrogen-bond acceptors (Lipinski definition) is 5. The van der Waals surface area contributed by atoms with Crippen LogP contribution in [0.5, 0.6) is 0 Å². The zero-order valence-electron chi connectivity index (χ0n) is 9.12. The van der Waals surface area contributed by atoms with Crippen LogP contribution >= 0.6 is 11.6 Å². The van der Waals surface area contributed by atoms with E-state index in [1.54, 1.807) is 7.11 Å². The van der Waals surface area contributed by atoms with E-state index in [-0.39, 0.29) is 5.38 Å². The molecule has 1 heterocycles. The number of aryl methyl sites for hydroxylation is 2. The summed E-state index contributed by atoms with van der Waals surface area (Å²) in [6, 6.07) is 0. The van der Waals surface area contributed by atoms with E-state index < -0.39 is 0 Å². The van der Waals surface area contributed by atoms with E-state index in [1.165, 1.54) is 0 Å². The lowest BCUT2D eigenvalue weighted by Gasteiger charge is -2.09. The lowest BCUT2D eigenvalue weighted by molar-refractivity contribution is 0.200. The van der Waals surface area contributed by atoms with Gasteiger partial charge in [0.15, 0.2) is 0 Å². The molecule has 0 saturated carbocycles. The van der Waals surface area contributed by atoms with Crippen LogP contribution in [0.15, 0.2) is 0 Å². The molecular weight excluding hydrogens is 216 g/mol. The highest BCUT2D eigenvalue weighted by molar-refractivity contribution is 6.21. The summed E-state index contributed by atoms with van der Waals surface area (Å²) in [5.74, 6) is 0.500. The average molecular weight is 231 g/mol. The van der Waals surface area contributed by atoms with Gasteiger partial charge in [-0.05, 0) is 13.8 Å². The maximum Gasteiger partial charge on any atom is 0.243 e. The molecule has 0 fully saturated rings. The van der Waals surface area contributed by atoms with Crippen LogP contribution in [-0.2, 0) is 4.74 Å². The molecule has 1 aromatic heterocycles. The fourth-order valence-corrected chi connectivity index (χ4v) is 1.18. The lowest BCUT2D eigenvalue weighted by Crippen LogP contribution is -2.20. The summed E-state index contributed by atoms with van der Waals surface area (Å²) < 4.78 is 4.91. The summed E-state index contributed by atoms with van der Waals surface area (Å²) in [4.78, 5) is 4.22. The SMILES string of the molecule is COCC(Cl)CNc1nnc(C)c(C)n1. The smallest absolute Gasteiger partial charge is 0.243 e. The van der Waals surface area contributed by atoms with Crippen LogP contribution in [0, 0.1) is 13.8 Å². The largest absolute Gasteiger partial charge is 0.383 e. The van der Waals surface area contributed by atoms with E-state index in [2.05, 4.69) is 20.5 Å². The summed E-state index contributed by atoms with van der Waals surface area (Å²) in [6.45, 7) is 4.81. The van der Waals surface area contributed by atoms with Crippen molar-refractivity contribution < 1.29 is 4.74 Å². The normalized spacial score (nSPS) is 12.5. The van der Waals surface area contributed by atoms with Crippen LogP contribution in [0.3, 0.4) is 0 Å². The molecule has 5 nitrogen and oxygen atoms in total. The maximum atomic E-state index is 5.94. The van der Waals surface area contributed by atoms with Crippen molar-refractivity contribution in [1.29, 1.82) is 0 Å². The minimum absolute atomic E-state index is 0.0970. The second kappa shape index (κ2) is 5.82. The molecule has 0 spiro atoms. The fraction of sp³-hybridized carbons (Fsp3) is 0.667. The highest BCUT2D eigenvalue weighted by atomic mass is 35.5. The molecule has 0 aromatic carbocycles. The Balaban J connectivity index is 2.47. The van der Waals surface area contributed by atoms with Crippen molar-refractivity contribution in [2.45, 2.75) is 19.2 Å². The summed E-state index contributed by atoms with van der Waals surface area (Å²) in [7, 11) is 1.61. The molecule has 1 unspecified atom stereocenters. The van der Waals surface area contributed by atoms with Crippen LogP contribution in [0.1, 0.15) is 11.4 Å². The molecular formula is C9H15ClN4O. The molecule has 1 aromatic rings. The van der Waals surface area contributed by atoms with Gasteiger partial charge >= 0.3 is 0 Å². The predicted octanol–water partition coefficient (Wildman–Crippen LogP) is 1.15. The number of aromatic nitrogens is 3. The maximum absolute atomic E-state index is 5.94. The highest BCUT2D eigenvalue weighted by Gasteiger charge is 2.05. The monoisotopic (exact) mass is 230 g/mol. The Labute approximate surface area is 94.2 Å². The van der Waals surface area contributed by atoms with Crippen LogP contribution < -0.4 is 5.32 Å². The van der Waals surface area contributed by atoms with Crippen LogP contribution in [-0.4, -0.2) is 40.8 Å². The Hall–Kier alpha value is -0.940. The number of nitrogens with zero attached hydrogens (tertiary/aromatic N) is 3. The minimum Gasteiger partial charge on any atom is -0.383 e. The van der Waals surface area contributed by atoms with Crippen molar-refractivity contribution >= 4 is 17.5 Å². The number of ether oxygens (including phenoxy) is 1. The van der Waals surface area contributed by atoms with Gasteiger partial charge in [-0.2, -0.15) is 5.10 Å². The summed E-state index contributed by atoms with van der Waals surface area (Å²) in [5, 5.41) is 10.8. The van der Waals surface area contributed by atoms with Crippen molar-refractivity contribution in [2.75, 3.05) is 25.6 Å². The van der Waals surface area contributed by atoms with Gasteiger partial charge in [-0.15, -0.1) is 16.7 Å². The molecule has 0 amide bonds. The lowest BCUT2D eigenvalue weighted by atomic mass is 10.4. The molecule has 6 heteroatoms.